The Morgan fingerprint density at radius 2 is 1.63 bits per heavy atom. The number of carbonyl (C=O) groups is 1. The Bertz CT molecular complexity index is 1740. The van der Waals surface area contributed by atoms with E-state index in [0.29, 0.717) is 27.7 Å². The molecule has 0 saturated carbocycles. The first-order chi connectivity index (χ1) is 19.6. The third kappa shape index (κ3) is 6.01. The lowest BCUT2D eigenvalue weighted by molar-refractivity contribution is -0.137. The Hall–Kier alpha value is -4.86. The van der Waals surface area contributed by atoms with Crippen molar-refractivity contribution in [3.05, 3.63) is 136 Å². The third-order valence-corrected chi connectivity index (χ3v) is 6.76. The van der Waals surface area contributed by atoms with Crippen molar-refractivity contribution in [1.82, 2.24) is 19.4 Å². The lowest BCUT2D eigenvalue weighted by atomic mass is 10.1. The van der Waals surface area contributed by atoms with Crippen LogP contribution in [-0.2, 0) is 23.9 Å². The van der Waals surface area contributed by atoms with E-state index >= 15 is 0 Å². The standard InChI is InChI=1S/C31H24F4N4O2/c1-20(29-37-27-7-3-2-6-26(27)30(41)39(29)25-14-12-24(32)13-15-25)38(19-22-5-4-16-36-18-22)28(40)17-21-8-10-23(11-9-21)31(33,34)35/h2-16,18,20H,17,19H2,1H3. The van der Waals surface area contributed by atoms with Gasteiger partial charge in [0.15, 0.2) is 0 Å². The van der Waals surface area contributed by atoms with Gasteiger partial charge in [-0.15, -0.1) is 0 Å². The number of nitrogens with zero attached hydrogens (tertiary/aromatic N) is 4. The van der Waals surface area contributed by atoms with Gasteiger partial charge in [0.25, 0.3) is 5.56 Å². The molecule has 2 aromatic heterocycles. The largest absolute Gasteiger partial charge is 0.416 e. The van der Waals surface area contributed by atoms with E-state index in [1.165, 1.54) is 45.9 Å². The minimum absolute atomic E-state index is 0.0978. The van der Waals surface area contributed by atoms with E-state index in [2.05, 4.69) is 4.98 Å². The molecule has 41 heavy (non-hydrogen) atoms. The highest BCUT2D eigenvalue weighted by Crippen LogP contribution is 2.30. The molecule has 6 nitrogen and oxygen atoms in total. The van der Waals surface area contributed by atoms with Gasteiger partial charge < -0.3 is 4.90 Å². The molecule has 1 unspecified atom stereocenters. The molecule has 5 aromatic rings. The van der Waals surface area contributed by atoms with Gasteiger partial charge in [0.2, 0.25) is 5.91 Å². The van der Waals surface area contributed by atoms with Gasteiger partial charge in [-0.3, -0.25) is 19.1 Å². The highest BCUT2D eigenvalue weighted by Gasteiger charge is 2.31. The van der Waals surface area contributed by atoms with E-state index in [0.717, 1.165) is 12.1 Å². The second-order valence-electron chi connectivity index (χ2n) is 9.53. The fraction of sp³-hybridized carbons (Fsp3) is 0.161. The molecular formula is C31H24F4N4O2. The molecule has 0 saturated heterocycles. The van der Waals surface area contributed by atoms with Crippen molar-refractivity contribution in [2.75, 3.05) is 0 Å². The number of para-hydroxylation sites is 1. The number of fused-ring (bicyclic) bond motifs is 1. The average Bonchev–Trinajstić information content (AvgIpc) is 2.96. The van der Waals surface area contributed by atoms with E-state index < -0.39 is 29.5 Å². The molecule has 0 radical (unpaired) electrons. The lowest BCUT2D eigenvalue weighted by Crippen LogP contribution is -2.38. The molecule has 0 bridgehead atoms. The van der Waals surface area contributed by atoms with Gasteiger partial charge in [-0.05, 0) is 72.6 Å². The van der Waals surface area contributed by atoms with Crippen LogP contribution < -0.4 is 5.56 Å². The highest BCUT2D eigenvalue weighted by molar-refractivity contribution is 5.80. The number of alkyl halides is 3. The summed E-state index contributed by atoms with van der Waals surface area (Å²) in [5.74, 6) is -0.630. The van der Waals surface area contributed by atoms with Crippen molar-refractivity contribution >= 4 is 16.8 Å². The molecule has 5 rings (SSSR count). The molecule has 0 spiro atoms. The van der Waals surface area contributed by atoms with Gasteiger partial charge in [-0.2, -0.15) is 13.2 Å². The van der Waals surface area contributed by atoms with Crippen LogP contribution in [-0.4, -0.2) is 25.3 Å². The van der Waals surface area contributed by atoms with Gasteiger partial charge in [-0.1, -0.05) is 30.3 Å². The zero-order chi connectivity index (χ0) is 29.1. The third-order valence-electron chi connectivity index (χ3n) is 6.76. The van der Waals surface area contributed by atoms with Crippen LogP contribution >= 0.6 is 0 Å². The first kappa shape index (κ1) is 27.7. The lowest BCUT2D eigenvalue weighted by Gasteiger charge is -2.31. The minimum Gasteiger partial charge on any atom is -0.328 e. The van der Waals surface area contributed by atoms with E-state index in [1.807, 2.05) is 0 Å². The first-order valence-electron chi connectivity index (χ1n) is 12.7. The van der Waals surface area contributed by atoms with Crippen molar-refractivity contribution in [2.45, 2.75) is 32.1 Å². The molecule has 3 aromatic carbocycles. The molecule has 0 N–H and O–H groups in total. The summed E-state index contributed by atoms with van der Waals surface area (Å²) in [6.07, 6.45) is -1.48. The maximum Gasteiger partial charge on any atom is 0.416 e. The zero-order valence-corrected chi connectivity index (χ0v) is 21.8. The van der Waals surface area contributed by atoms with E-state index in [4.69, 9.17) is 4.98 Å². The molecule has 2 heterocycles. The van der Waals surface area contributed by atoms with Crippen LogP contribution in [0.5, 0.6) is 0 Å². The number of rotatable bonds is 7. The van der Waals surface area contributed by atoms with E-state index in [1.54, 1.807) is 55.7 Å². The molecule has 0 fully saturated rings. The van der Waals surface area contributed by atoms with Crippen molar-refractivity contribution in [1.29, 1.82) is 0 Å². The van der Waals surface area contributed by atoms with Crippen LogP contribution in [0.15, 0.2) is 102 Å². The summed E-state index contributed by atoms with van der Waals surface area (Å²) in [6, 6.07) is 19.3. The Morgan fingerprint density at radius 1 is 0.927 bits per heavy atom. The summed E-state index contributed by atoms with van der Waals surface area (Å²) in [6.45, 7) is 1.82. The minimum atomic E-state index is -4.49. The summed E-state index contributed by atoms with van der Waals surface area (Å²) < 4.78 is 54.3. The van der Waals surface area contributed by atoms with Crippen LogP contribution in [0, 0.1) is 5.82 Å². The van der Waals surface area contributed by atoms with Crippen LogP contribution in [0.25, 0.3) is 16.6 Å². The topological polar surface area (TPSA) is 68.1 Å². The predicted molar refractivity (Wildman–Crippen MR) is 146 cm³/mol. The van der Waals surface area contributed by atoms with E-state index in [-0.39, 0.29) is 24.3 Å². The number of carbonyl (C=O) groups excluding carboxylic acids is 1. The highest BCUT2D eigenvalue weighted by atomic mass is 19.4. The molecule has 0 aliphatic heterocycles. The predicted octanol–water partition coefficient (Wildman–Crippen LogP) is 6.27. The number of halogens is 4. The maximum atomic E-state index is 13.8. The monoisotopic (exact) mass is 560 g/mol. The number of hydrogen-bond donors (Lipinski definition) is 0. The first-order valence-corrected chi connectivity index (χ1v) is 12.7. The molecule has 1 atom stereocenters. The van der Waals surface area contributed by atoms with E-state index in [9.17, 15) is 27.2 Å². The molecule has 0 aliphatic rings. The Morgan fingerprint density at radius 3 is 2.29 bits per heavy atom. The van der Waals surface area contributed by atoms with Crippen LogP contribution in [0.1, 0.15) is 35.5 Å². The van der Waals surface area contributed by atoms with Crippen LogP contribution in [0.2, 0.25) is 0 Å². The summed E-state index contributed by atoms with van der Waals surface area (Å²) in [7, 11) is 0. The smallest absolute Gasteiger partial charge is 0.328 e. The van der Waals surface area contributed by atoms with Crippen LogP contribution in [0.3, 0.4) is 0 Å². The molecule has 0 aliphatic carbocycles. The molecular weight excluding hydrogens is 536 g/mol. The normalized spacial score (nSPS) is 12.3. The van der Waals surface area contributed by atoms with Gasteiger partial charge in [0.05, 0.1) is 34.6 Å². The Kier molecular flexibility index (Phi) is 7.65. The zero-order valence-electron chi connectivity index (χ0n) is 21.8. The second-order valence-corrected chi connectivity index (χ2v) is 9.53. The van der Waals surface area contributed by atoms with Gasteiger partial charge in [-0.25, -0.2) is 9.37 Å². The number of hydrogen-bond acceptors (Lipinski definition) is 4. The number of amides is 1. The fourth-order valence-electron chi connectivity index (χ4n) is 4.63. The van der Waals surface area contributed by atoms with Crippen molar-refractivity contribution < 1.29 is 22.4 Å². The second kappa shape index (κ2) is 11.3. The summed E-state index contributed by atoms with van der Waals surface area (Å²) in [4.78, 5) is 37.9. The molecule has 1 amide bonds. The van der Waals surface area contributed by atoms with Gasteiger partial charge >= 0.3 is 6.18 Å². The summed E-state index contributed by atoms with van der Waals surface area (Å²) >= 11 is 0. The summed E-state index contributed by atoms with van der Waals surface area (Å²) in [5.41, 5.74) is 0.700. The van der Waals surface area contributed by atoms with Crippen molar-refractivity contribution in [3.63, 3.8) is 0 Å². The molecule has 208 valence electrons. The fourth-order valence-corrected chi connectivity index (χ4v) is 4.63. The number of pyridine rings is 1. The number of aromatic nitrogens is 3. The van der Waals surface area contributed by atoms with Crippen LogP contribution in [0.4, 0.5) is 17.6 Å². The SMILES string of the molecule is CC(c1nc2ccccc2c(=O)n1-c1ccc(F)cc1)N(Cc1cccnc1)C(=O)Cc1ccc(C(F)(F)F)cc1. The van der Waals surface area contributed by atoms with Gasteiger partial charge in [0.1, 0.15) is 11.6 Å². The van der Waals surface area contributed by atoms with Crippen molar-refractivity contribution in [2.24, 2.45) is 0 Å². The summed E-state index contributed by atoms with van der Waals surface area (Å²) in [5, 5.41) is 0.350. The Labute approximate surface area is 232 Å². The maximum absolute atomic E-state index is 13.8. The number of benzene rings is 3. The quantitative estimate of drug-likeness (QED) is 0.220. The average molecular weight is 561 g/mol. The Balaban J connectivity index is 1.59. The molecule has 10 heteroatoms. The van der Waals surface area contributed by atoms with Gasteiger partial charge in [0, 0.05) is 18.9 Å². The van der Waals surface area contributed by atoms with Crippen molar-refractivity contribution in [3.8, 4) is 5.69 Å².